The smallest absolute Gasteiger partial charge is 0.240 e. The van der Waals surface area contributed by atoms with Gasteiger partial charge < -0.3 is 10.6 Å². The van der Waals surface area contributed by atoms with Gasteiger partial charge in [0.05, 0.1) is 9.92 Å². The molecule has 1 aliphatic carbocycles. The Kier molecular flexibility index (Phi) is 6.09. The fraction of sp³-hybridized carbons (Fsp3) is 0.333. The number of aromatic nitrogens is 1. The van der Waals surface area contributed by atoms with Crippen LogP contribution in [-0.4, -0.2) is 38.4 Å². The van der Waals surface area contributed by atoms with Gasteiger partial charge in [0.25, 0.3) is 0 Å². The normalized spacial score (nSPS) is 22.8. The van der Waals surface area contributed by atoms with E-state index in [-0.39, 0.29) is 28.7 Å². The first-order valence-corrected chi connectivity index (χ1v) is 12.9. The predicted octanol–water partition coefficient (Wildman–Crippen LogP) is 3.66. The second-order valence-electron chi connectivity index (χ2n) is 8.73. The van der Waals surface area contributed by atoms with Gasteiger partial charge in [-0.05, 0) is 61.6 Å². The summed E-state index contributed by atoms with van der Waals surface area (Å²) in [6, 6.07) is 12.4. The third-order valence-electron chi connectivity index (χ3n) is 6.34. The van der Waals surface area contributed by atoms with E-state index in [1.165, 1.54) is 0 Å². The molecule has 3 N–H and O–H groups in total. The van der Waals surface area contributed by atoms with Crippen LogP contribution in [0.1, 0.15) is 30.7 Å². The minimum absolute atomic E-state index is 0.0484. The number of carbonyl (C=O) groups excluding carboxylic acids is 1. The van der Waals surface area contributed by atoms with Gasteiger partial charge in [-0.15, -0.1) is 0 Å². The largest absolute Gasteiger partial charge is 0.326 e. The van der Waals surface area contributed by atoms with E-state index in [2.05, 4.69) is 20.3 Å². The molecule has 7 nitrogen and oxygen atoms in total. The number of piperidine rings is 1. The molecule has 0 spiro atoms. The Morgan fingerprint density at radius 1 is 1.12 bits per heavy atom. The molecule has 2 aliphatic rings. The highest BCUT2D eigenvalue weighted by molar-refractivity contribution is 7.89. The highest BCUT2D eigenvalue weighted by Gasteiger charge is 2.44. The Bertz CT molecular complexity index is 1290. The second kappa shape index (κ2) is 9.02. The zero-order chi connectivity index (χ0) is 23.0. The summed E-state index contributed by atoms with van der Waals surface area (Å²) in [5.41, 5.74) is 1.66. The number of benzene rings is 2. The molecule has 2 unspecified atom stereocenters. The number of carbonyl (C=O) groups is 1. The van der Waals surface area contributed by atoms with Crippen LogP contribution in [0, 0.1) is 5.92 Å². The Morgan fingerprint density at radius 2 is 1.94 bits per heavy atom. The van der Waals surface area contributed by atoms with Gasteiger partial charge in [0, 0.05) is 47.4 Å². The lowest BCUT2D eigenvalue weighted by molar-refractivity contribution is -0.117. The van der Waals surface area contributed by atoms with Crippen LogP contribution in [0.25, 0.3) is 10.8 Å². The Labute approximate surface area is 198 Å². The zero-order valence-corrected chi connectivity index (χ0v) is 19.5. The average Bonchev–Trinajstić information content (AvgIpc) is 3.61. The zero-order valence-electron chi connectivity index (χ0n) is 17.9. The van der Waals surface area contributed by atoms with E-state index in [0.717, 1.165) is 42.1 Å². The SMILES string of the molecule is O=C(Nc1ccc2cncc(Cl)c2c1)C1CC1c1ccc(S(=O)(=O)N[C@@H]2CCCNC2)cc1. The number of rotatable bonds is 6. The van der Waals surface area contributed by atoms with Crippen LogP contribution < -0.4 is 15.4 Å². The van der Waals surface area contributed by atoms with E-state index < -0.39 is 10.0 Å². The van der Waals surface area contributed by atoms with Crippen LogP contribution >= 0.6 is 11.6 Å². The molecule has 1 saturated heterocycles. The molecule has 172 valence electrons. The number of hydrogen-bond donors (Lipinski definition) is 3. The molecule has 1 amide bonds. The first-order chi connectivity index (χ1) is 15.9. The van der Waals surface area contributed by atoms with E-state index in [0.29, 0.717) is 17.3 Å². The predicted molar refractivity (Wildman–Crippen MR) is 129 cm³/mol. The Hall–Kier alpha value is -2.52. The number of sulfonamides is 1. The van der Waals surface area contributed by atoms with E-state index in [1.54, 1.807) is 24.5 Å². The molecule has 0 radical (unpaired) electrons. The van der Waals surface area contributed by atoms with Crippen molar-refractivity contribution in [2.75, 3.05) is 18.4 Å². The first kappa shape index (κ1) is 22.3. The number of fused-ring (bicyclic) bond motifs is 1. The minimum Gasteiger partial charge on any atom is -0.326 e. The Morgan fingerprint density at radius 3 is 2.70 bits per heavy atom. The van der Waals surface area contributed by atoms with Gasteiger partial charge >= 0.3 is 0 Å². The number of anilines is 1. The molecule has 2 heterocycles. The van der Waals surface area contributed by atoms with Crippen LogP contribution in [0.5, 0.6) is 0 Å². The molecule has 3 aromatic rings. The lowest BCUT2D eigenvalue weighted by Gasteiger charge is -2.23. The summed E-state index contributed by atoms with van der Waals surface area (Å²) >= 11 is 6.22. The van der Waals surface area contributed by atoms with Gasteiger partial charge in [0.2, 0.25) is 15.9 Å². The van der Waals surface area contributed by atoms with Crippen molar-refractivity contribution in [1.29, 1.82) is 0 Å². The first-order valence-electron chi connectivity index (χ1n) is 11.1. The van der Waals surface area contributed by atoms with Gasteiger partial charge in [-0.25, -0.2) is 13.1 Å². The van der Waals surface area contributed by atoms with Crippen molar-refractivity contribution in [1.82, 2.24) is 15.0 Å². The number of pyridine rings is 1. The molecule has 33 heavy (non-hydrogen) atoms. The second-order valence-corrected chi connectivity index (χ2v) is 10.8. The molecule has 0 bridgehead atoms. The van der Waals surface area contributed by atoms with Crippen LogP contribution in [0.2, 0.25) is 5.02 Å². The van der Waals surface area contributed by atoms with Crippen molar-refractivity contribution in [2.45, 2.75) is 36.1 Å². The van der Waals surface area contributed by atoms with Gasteiger partial charge in [-0.2, -0.15) is 0 Å². The number of halogens is 1. The molecule has 1 saturated carbocycles. The molecule has 3 atom stereocenters. The summed E-state index contributed by atoms with van der Waals surface area (Å²) in [6.45, 7) is 1.58. The van der Waals surface area contributed by atoms with Gasteiger partial charge in [0.1, 0.15) is 0 Å². The number of amides is 1. The molecule has 9 heteroatoms. The van der Waals surface area contributed by atoms with E-state index in [4.69, 9.17) is 11.6 Å². The van der Waals surface area contributed by atoms with Crippen molar-refractivity contribution in [3.63, 3.8) is 0 Å². The van der Waals surface area contributed by atoms with Crippen molar-refractivity contribution in [2.24, 2.45) is 5.92 Å². The number of hydrogen-bond acceptors (Lipinski definition) is 5. The van der Waals surface area contributed by atoms with E-state index >= 15 is 0 Å². The average molecular weight is 485 g/mol. The molecule has 5 rings (SSSR count). The Balaban J connectivity index is 1.22. The van der Waals surface area contributed by atoms with Crippen molar-refractivity contribution < 1.29 is 13.2 Å². The van der Waals surface area contributed by atoms with Gasteiger partial charge in [-0.1, -0.05) is 29.8 Å². The summed E-state index contributed by atoms with van der Waals surface area (Å²) < 4.78 is 28.1. The summed E-state index contributed by atoms with van der Waals surface area (Å²) in [5, 5.41) is 8.47. The summed E-state index contributed by atoms with van der Waals surface area (Å²) in [6.07, 6.45) is 5.85. The highest BCUT2D eigenvalue weighted by Crippen LogP contribution is 2.48. The summed E-state index contributed by atoms with van der Waals surface area (Å²) in [5.74, 6) is -0.0966. The number of nitrogens with one attached hydrogen (secondary N) is 3. The van der Waals surface area contributed by atoms with Crippen molar-refractivity contribution in [3.05, 3.63) is 65.4 Å². The van der Waals surface area contributed by atoms with Crippen LogP contribution in [0.15, 0.2) is 59.8 Å². The highest BCUT2D eigenvalue weighted by atomic mass is 35.5. The monoisotopic (exact) mass is 484 g/mol. The van der Waals surface area contributed by atoms with Crippen molar-refractivity contribution >= 4 is 44.0 Å². The number of nitrogens with zero attached hydrogens (tertiary/aromatic N) is 1. The molecule has 2 fully saturated rings. The molecule has 1 aliphatic heterocycles. The molecular formula is C24H25ClN4O3S. The maximum absolute atomic E-state index is 12.8. The van der Waals surface area contributed by atoms with Crippen LogP contribution in [0.3, 0.4) is 0 Å². The van der Waals surface area contributed by atoms with Crippen molar-refractivity contribution in [3.8, 4) is 0 Å². The van der Waals surface area contributed by atoms with Gasteiger partial charge in [0.15, 0.2) is 0 Å². The summed E-state index contributed by atoms with van der Waals surface area (Å²) in [7, 11) is -3.56. The fourth-order valence-electron chi connectivity index (χ4n) is 4.43. The third kappa shape index (κ3) is 4.89. The maximum atomic E-state index is 12.8. The lowest BCUT2D eigenvalue weighted by atomic mass is 10.1. The molecular weight excluding hydrogens is 460 g/mol. The van der Waals surface area contributed by atoms with E-state index in [9.17, 15) is 13.2 Å². The fourth-order valence-corrected chi connectivity index (χ4v) is 5.92. The van der Waals surface area contributed by atoms with E-state index in [1.807, 2.05) is 30.3 Å². The third-order valence-corrected chi connectivity index (χ3v) is 8.18. The van der Waals surface area contributed by atoms with Crippen LogP contribution in [0.4, 0.5) is 5.69 Å². The minimum atomic E-state index is -3.56. The maximum Gasteiger partial charge on any atom is 0.240 e. The standard InChI is InChI=1S/C24H25ClN4O3S/c25-23-14-27-12-16-3-6-17(10-21(16)23)28-24(30)22-11-20(22)15-4-7-19(8-5-15)33(31,32)29-18-2-1-9-26-13-18/h3-8,10,12,14,18,20,22,26,29H,1-2,9,11,13H2,(H,28,30)/t18-,20?,22?/m1/s1. The topological polar surface area (TPSA) is 100 Å². The quantitative estimate of drug-likeness (QED) is 0.495. The van der Waals surface area contributed by atoms with Gasteiger partial charge in [-0.3, -0.25) is 9.78 Å². The summed E-state index contributed by atoms with van der Waals surface area (Å²) in [4.78, 5) is 17.1. The lowest BCUT2D eigenvalue weighted by Crippen LogP contribution is -2.45. The molecule has 1 aromatic heterocycles. The molecule has 2 aromatic carbocycles. The van der Waals surface area contributed by atoms with Crippen LogP contribution in [-0.2, 0) is 14.8 Å².